The first-order valence-electron chi connectivity index (χ1n) is 5.87. The smallest absolute Gasteiger partial charge is 0.0919 e. The van der Waals surface area contributed by atoms with Crippen molar-refractivity contribution in [2.45, 2.75) is 39.8 Å². The summed E-state index contributed by atoms with van der Waals surface area (Å²) in [6.45, 7) is 9.06. The van der Waals surface area contributed by atoms with Gasteiger partial charge in [0.05, 0.1) is 6.10 Å². The highest BCUT2D eigenvalue weighted by Crippen LogP contribution is 2.20. The van der Waals surface area contributed by atoms with Crippen LogP contribution in [0.5, 0.6) is 0 Å². The Morgan fingerprint density at radius 3 is 2.44 bits per heavy atom. The maximum Gasteiger partial charge on any atom is 0.0919 e. The minimum absolute atomic E-state index is 0.396. The molecular weight excluding hydrogens is 198 g/mol. The van der Waals surface area contributed by atoms with E-state index in [-0.39, 0.29) is 0 Å². The Bertz CT molecular complexity index is 347. The molecule has 1 aromatic carbocycles. The monoisotopic (exact) mass is 221 g/mol. The van der Waals surface area contributed by atoms with Gasteiger partial charge >= 0.3 is 0 Å². The standard InChI is InChI=1S/C14H23NO/c1-10(2)15(5)9-14(16)13-8-11(3)6-7-12(13)4/h6-8,10,14,16H,9H2,1-5H3. The van der Waals surface area contributed by atoms with Crippen LogP contribution in [0.25, 0.3) is 0 Å². The zero-order chi connectivity index (χ0) is 12.3. The van der Waals surface area contributed by atoms with E-state index in [0.717, 1.165) is 11.1 Å². The number of likely N-dealkylation sites (N-methyl/N-ethyl adjacent to an activating group) is 1. The summed E-state index contributed by atoms with van der Waals surface area (Å²) in [4.78, 5) is 2.16. The molecule has 0 radical (unpaired) electrons. The topological polar surface area (TPSA) is 23.5 Å². The second-order valence-corrected chi connectivity index (χ2v) is 4.91. The van der Waals surface area contributed by atoms with Crippen molar-refractivity contribution < 1.29 is 5.11 Å². The van der Waals surface area contributed by atoms with Crippen LogP contribution in [0.3, 0.4) is 0 Å². The fourth-order valence-electron chi connectivity index (χ4n) is 1.70. The molecule has 0 heterocycles. The average Bonchev–Trinajstić information content (AvgIpc) is 2.21. The van der Waals surface area contributed by atoms with Crippen LogP contribution in [-0.2, 0) is 0 Å². The molecule has 1 unspecified atom stereocenters. The lowest BCUT2D eigenvalue weighted by atomic mass is 10.0. The van der Waals surface area contributed by atoms with E-state index in [1.165, 1.54) is 5.56 Å². The van der Waals surface area contributed by atoms with Gasteiger partial charge < -0.3 is 10.0 Å². The van der Waals surface area contributed by atoms with Gasteiger partial charge in [-0.25, -0.2) is 0 Å². The summed E-state index contributed by atoms with van der Waals surface area (Å²) >= 11 is 0. The summed E-state index contributed by atoms with van der Waals surface area (Å²) in [5.41, 5.74) is 3.41. The zero-order valence-electron chi connectivity index (χ0n) is 11.0. The van der Waals surface area contributed by atoms with Crippen molar-refractivity contribution in [2.75, 3.05) is 13.6 Å². The first-order valence-corrected chi connectivity index (χ1v) is 5.87. The third-order valence-electron chi connectivity index (χ3n) is 3.14. The van der Waals surface area contributed by atoms with Gasteiger partial charge in [-0.15, -0.1) is 0 Å². The number of benzene rings is 1. The van der Waals surface area contributed by atoms with Crippen LogP contribution in [0, 0.1) is 13.8 Å². The zero-order valence-corrected chi connectivity index (χ0v) is 11.0. The Labute approximate surface area is 98.9 Å². The maximum absolute atomic E-state index is 10.2. The van der Waals surface area contributed by atoms with Crippen molar-refractivity contribution in [3.8, 4) is 0 Å². The average molecular weight is 221 g/mol. The van der Waals surface area contributed by atoms with E-state index in [0.29, 0.717) is 12.6 Å². The maximum atomic E-state index is 10.2. The van der Waals surface area contributed by atoms with Crippen molar-refractivity contribution in [1.29, 1.82) is 0 Å². The van der Waals surface area contributed by atoms with E-state index in [1.807, 2.05) is 14.0 Å². The second kappa shape index (κ2) is 5.46. The summed E-state index contributed by atoms with van der Waals surface area (Å²) in [6, 6.07) is 6.69. The van der Waals surface area contributed by atoms with Gasteiger partial charge in [0.15, 0.2) is 0 Å². The SMILES string of the molecule is Cc1ccc(C)c(C(O)CN(C)C(C)C)c1. The Balaban J connectivity index is 2.80. The van der Waals surface area contributed by atoms with E-state index >= 15 is 0 Å². The lowest BCUT2D eigenvalue weighted by Crippen LogP contribution is -2.31. The minimum atomic E-state index is -0.396. The summed E-state index contributed by atoms with van der Waals surface area (Å²) in [5.74, 6) is 0. The fraction of sp³-hybridized carbons (Fsp3) is 0.571. The predicted octanol–water partition coefficient (Wildman–Crippen LogP) is 2.68. The van der Waals surface area contributed by atoms with E-state index in [4.69, 9.17) is 0 Å². The predicted molar refractivity (Wildman–Crippen MR) is 68.6 cm³/mol. The van der Waals surface area contributed by atoms with Crippen LogP contribution in [0.4, 0.5) is 0 Å². The number of hydrogen-bond donors (Lipinski definition) is 1. The molecule has 0 spiro atoms. The van der Waals surface area contributed by atoms with Crippen LogP contribution in [0.2, 0.25) is 0 Å². The van der Waals surface area contributed by atoms with Gasteiger partial charge in [-0.2, -0.15) is 0 Å². The number of aliphatic hydroxyl groups is 1. The molecule has 0 saturated heterocycles. The summed E-state index contributed by atoms with van der Waals surface area (Å²) in [6.07, 6.45) is -0.396. The highest BCUT2D eigenvalue weighted by Gasteiger charge is 2.14. The molecule has 16 heavy (non-hydrogen) atoms. The highest BCUT2D eigenvalue weighted by atomic mass is 16.3. The van der Waals surface area contributed by atoms with Crippen molar-refractivity contribution >= 4 is 0 Å². The van der Waals surface area contributed by atoms with E-state index < -0.39 is 6.10 Å². The van der Waals surface area contributed by atoms with Gasteiger partial charge in [-0.1, -0.05) is 23.8 Å². The number of hydrogen-bond acceptors (Lipinski definition) is 2. The Morgan fingerprint density at radius 1 is 1.25 bits per heavy atom. The molecule has 0 aliphatic heterocycles. The number of aliphatic hydroxyl groups excluding tert-OH is 1. The molecule has 0 fully saturated rings. The molecule has 1 aromatic rings. The molecule has 0 bridgehead atoms. The van der Waals surface area contributed by atoms with E-state index in [2.05, 4.69) is 43.9 Å². The number of aryl methyl sites for hydroxylation is 2. The van der Waals surface area contributed by atoms with Crippen molar-refractivity contribution in [2.24, 2.45) is 0 Å². The van der Waals surface area contributed by atoms with Gasteiger partial charge in [0, 0.05) is 12.6 Å². The molecule has 1 atom stereocenters. The Kier molecular flexibility index (Phi) is 4.51. The van der Waals surface area contributed by atoms with Crippen molar-refractivity contribution in [3.63, 3.8) is 0 Å². The lowest BCUT2D eigenvalue weighted by Gasteiger charge is -2.25. The molecular formula is C14H23NO. The molecule has 0 aliphatic rings. The lowest BCUT2D eigenvalue weighted by molar-refractivity contribution is 0.112. The van der Waals surface area contributed by atoms with Crippen LogP contribution in [0.1, 0.15) is 36.6 Å². The van der Waals surface area contributed by atoms with Gasteiger partial charge in [0.25, 0.3) is 0 Å². The van der Waals surface area contributed by atoms with Crippen molar-refractivity contribution in [3.05, 3.63) is 34.9 Å². The van der Waals surface area contributed by atoms with Gasteiger partial charge in [-0.3, -0.25) is 0 Å². The van der Waals surface area contributed by atoms with Gasteiger partial charge in [0.1, 0.15) is 0 Å². The van der Waals surface area contributed by atoms with Crippen LogP contribution in [0.15, 0.2) is 18.2 Å². The summed E-state index contributed by atoms with van der Waals surface area (Å²) in [7, 11) is 2.04. The third kappa shape index (κ3) is 3.32. The van der Waals surface area contributed by atoms with E-state index in [1.54, 1.807) is 0 Å². The van der Waals surface area contributed by atoms with E-state index in [9.17, 15) is 5.11 Å². The number of nitrogens with zero attached hydrogens (tertiary/aromatic N) is 1. The van der Waals surface area contributed by atoms with Crippen LogP contribution < -0.4 is 0 Å². The second-order valence-electron chi connectivity index (χ2n) is 4.91. The molecule has 0 aromatic heterocycles. The third-order valence-corrected chi connectivity index (χ3v) is 3.14. The molecule has 90 valence electrons. The highest BCUT2D eigenvalue weighted by molar-refractivity contribution is 5.32. The Morgan fingerprint density at radius 2 is 1.88 bits per heavy atom. The molecule has 1 N–H and O–H groups in total. The largest absolute Gasteiger partial charge is 0.387 e. The molecule has 2 heteroatoms. The normalized spacial score (nSPS) is 13.5. The summed E-state index contributed by atoms with van der Waals surface area (Å²) < 4.78 is 0. The van der Waals surface area contributed by atoms with Gasteiger partial charge in [0.2, 0.25) is 0 Å². The molecule has 0 amide bonds. The molecule has 0 aliphatic carbocycles. The quantitative estimate of drug-likeness (QED) is 0.845. The first-order chi connectivity index (χ1) is 7.41. The van der Waals surface area contributed by atoms with Gasteiger partial charge in [-0.05, 0) is 45.9 Å². The van der Waals surface area contributed by atoms with Crippen LogP contribution >= 0.6 is 0 Å². The van der Waals surface area contributed by atoms with Crippen molar-refractivity contribution in [1.82, 2.24) is 4.90 Å². The minimum Gasteiger partial charge on any atom is -0.387 e. The molecule has 1 rings (SSSR count). The number of rotatable bonds is 4. The first kappa shape index (κ1) is 13.2. The Hall–Kier alpha value is -0.860. The van der Waals surface area contributed by atoms with Crippen LogP contribution in [-0.4, -0.2) is 29.6 Å². The molecule has 2 nitrogen and oxygen atoms in total. The summed E-state index contributed by atoms with van der Waals surface area (Å²) in [5, 5.41) is 10.2. The molecule has 0 saturated carbocycles. The fourth-order valence-corrected chi connectivity index (χ4v) is 1.70.